The summed E-state index contributed by atoms with van der Waals surface area (Å²) in [5.41, 5.74) is 5.64. The summed E-state index contributed by atoms with van der Waals surface area (Å²) >= 11 is 1.67. The summed E-state index contributed by atoms with van der Waals surface area (Å²) in [5, 5.41) is 10.1. The van der Waals surface area contributed by atoms with Gasteiger partial charge in [0.2, 0.25) is 5.16 Å². The molecule has 1 aliphatic rings. The van der Waals surface area contributed by atoms with E-state index >= 15 is 0 Å². The van der Waals surface area contributed by atoms with Gasteiger partial charge in [0.15, 0.2) is 5.82 Å². The second kappa shape index (κ2) is 5.66. The van der Waals surface area contributed by atoms with E-state index in [1.54, 1.807) is 16.6 Å². The summed E-state index contributed by atoms with van der Waals surface area (Å²) in [6.07, 6.45) is 0. The number of hydrogen-bond donors (Lipinski definition) is 0. The van der Waals surface area contributed by atoms with Gasteiger partial charge in [0.25, 0.3) is 0 Å². The molecule has 5 heteroatoms. The molecule has 0 saturated heterocycles. The van der Waals surface area contributed by atoms with Gasteiger partial charge in [0.05, 0.1) is 5.71 Å². The van der Waals surface area contributed by atoms with Gasteiger partial charge in [0, 0.05) is 11.3 Å². The summed E-state index contributed by atoms with van der Waals surface area (Å²) in [6.45, 7) is 4.18. The molecule has 0 aliphatic carbocycles. The monoisotopic (exact) mass is 320 g/mol. The van der Waals surface area contributed by atoms with E-state index in [0.29, 0.717) is 0 Å². The fraction of sp³-hybridized carbons (Fsp3) is 0.167. The number of rotatable bonds is 2. The van der Waals surface area contributed by atoms with Crippen molar-refractivity contribution in [2.45, 2.75) is 19.0 Å². The first-order valence-corrected chi connectivity index (χ1v) is 8.49. The predicted octanol–water partition coefficient (Wildman–Crippen LogP) is 3.92. The maximum absolute atomic E-state index is 4.65. The maximum atomic E-state index is 4.65. The highest BCUT2D eigenvalue weighted by Gasteiger charge is 2.19. The normalized spacial score (nSPS) is 13.6. The molecule has 0 fully saturated rings. The summed E-state index contributed by atoms with van der Waals surface area (Å²) < 4.78 is 0. The Balaban J connectivity index is 1.74. The van der Waals surface area contributed by atoms with Crippen molar-refractivity contribution in [3.63, 3.8) is 0 Å². The fourth-order valence-corrected chi connectivity index (χ4v) is 3.56. The lowest BCUT2D eigenvalue weighted by Crippen LogP contribution is -2.13. The van der Waals surface area contributed by atoms with Gasteiger partial charge in [-0.15, -0.1) is 9.89 Å². The van der Waals surface area contributed by atoms with Gasteiger partial charge in [-0.2, -0.15) is 10.1 Å². The van der Waals surface area contributed by atoms with E-state index in [0.717, 1.165) is 33.6 Å². The first-order valence-electron chi connectivity index (χ1n) is 7.51. The third kappa shape index (κ3) is 2.80. The van der Waals surface area contributed by atoms with Crippen LogP contribution in [-0.2, 0) is 0 Å². The number of aryl methyl sites for hydroxylation is 2. The zero-order valence-corrected chi connectivity index (χ0v) is 13.8. The lowest BCUT2D eigenvalue weighted by Gasteiger charge is -2.11. The Morgan fingerprint density at radius 2 is 1.70 bits per heavy atom. The molecule has 114 valence electrons. The van der Waals surface area contributed by atoms with Crippen molar-refractivity contribution < 1.29 is 0 Å². The zero-order chi connectivity index (χ0) is 15.8. The molecule has 0 saturated carbocycles. The van der Waals surface area contributed by atoms with Crippen LogP contribution in [0.3, 0.4) is 0 Å². The van der Waals surface area contributed by atoms with Crippen LogP contribution in [0, 0.1) is 13.8 Å². The smallest absolute Gasteiger partial charge is 0.199 e. The minimum atomic E-state index is 0.734. The molecule has 1 aliphatic heterocycles. The molecule has 0 amide bonds. The minimum Gasteiger partial charge on any atom is -0.199 e. The van der Waals surface area contributed by atoms with Gasteiger partial charge >= 0.3 is 0 Å². The standard InChI is InChI=1S/C18H16N4S/c1-12-8-13(2)10-15(9-12)17-19-18-22(21-17)20-16(11-23-18)14-6-4-3-5-7-14/h3-10H,11H2,1-2H3. The minimum absolute atomic E-state index is 0.734. The van der Waals surface area contributed by atoms with Gasteiger partial charge in [-0.05, 0) is 31.5 Å². The molecule has 1 aromatic heterocycles. The van der Waals surface area contributed by atoms with E-state index in [-0.39, 0.29) is 0 Å². The van der Waals surface area contributed by atoms with Crippen LogP contribution in [0.15, 0.2) is 58.8 Å². The lowest BCUT2D eigenvalue weighted by atomic mass is 10.1. The molecule has 4 nitrogen and oxygen atoms in total. The summed E-state index contributed by atoms with van der Waals surface area (Å²) in [4.78, 5) is 6.30. The van der Waals surface area contributed by atoms with Crippen molar-refractivity contribution in [3.05, 3.63) is 65.2 Å². The molecule has 0 bridgehead atoms. The number of benzene rings is 2. The number of hydrogen-bond acceptors (Lipinski definition) is 4. The van der Waals surface area contributed by atoms with Crippen molar-refractivity contribution >= 4 is 17.5 Å². The summed E-state index contributed by atoms with van der Waals surface area (Å²) in [6, 6.07) is 16.6. The SMILES string of the molecule is Cc1cc(C)cc(-c2nc3n(n2)N=C(c2ccccc2)CS3)c1. The Kier molecular flexibility index (Phi) is 3.50. The van der Waals surface area contributed by atoms with Crippen LogP contribution in [0.4, 0.5) is 0 Å². The second-order valence-corrected chi connectivity index (χ2v) is 6.63. The first-order chi connectivity index (χ1) is 11.2. The summed E-state index contributed by atoms with van der Waals surface area (Å²) in [7, 11) is 0. The molecule has 4 rings (SSSR count). The molecule has 0 unspecified atom stereocenters. The van der Waals surface area contributed by atoms with Crippen LogP contribution in [-0.4, -0.2) is 26.3 Å². The third-order valence-corrected chi connectivity index (χ3v) is 4.63. The largest absolute Gasteiger partial charge is 0.211 e. The number of thioether (sulfide) groups is 1. The molecular weight excluding hydrogens is 304 g/mol. The number of aromatic nitrogens is 3. The molecule has 0 spiro atoms. The van der Waals surface area contributed by atoms with E-state index in [1.165, 1.54) is 11.1 Å². The fourth-order valence-electron chi connectivity index (χ4n) is 2.72. The first kappa shape index (κ1) is 14.2. The Morgan fingerprint density at radius 1 is 0.957 bits per heavy atom. The molecule has 2 heterocycles. The second-order valence-electron chi connectivity index (χ2n) is 5.69. The zero-order valence-electron chi connectivity index (χ0n) is 13.0. The maximum Gasteiger partial charge on any atom is 0.211 e. The van der Waals surface area contributed by atoms with Crippen molar-refractivity contribution in [2.24, 2.45) is 5.10 Å². The highest BCUT2D eigenvalue weighted by atomic mass is 32.2. The van der Waals surface area contributed by atoms with Crippen LogP contribution in [0.5, 0.6) is 0 Å². The highest BCUT2D eigenvalue weighted by molar-refractivity contribution is 7.99. The van der Waals surface area contributed by atoms with E-state index in [4.69, 9.17) is 0 Å². The molecule has 0 radical (unpaired) electrons. The molecule has 3 aromatic rings. The van der Waals surface area contributed by atoms with E-state index in [9.17, 15) is 0 Å². The number of fused-ring (bicyclic) bond motifs is 1. The topological polar surface area (TPSA) is 43.1 Å². The van der Waals surface area contributed by atoms with Crippen molar-refractivity contribution in [1.29, 1.82) is 0 Å². The van der Waals surface area contributed by atoms with E-state index in [2.05, 4.69) is 59.4 Å². The average Bonchev–Trinajstić information content (AvgIpc) is 2.98. The Hall–Kier alpha value is -2.40. The van der Waals surface area contributed by atoms with Crippen LogP contribution in [0.2, 0.25) is 0 Å². The quantitative estimate of drug-likeness (QED) is 0.719. The Bertz CT molecular complexity index is 876. The Morgan fingerprint density at radius 3 is 2.43 bits per heavy atom. The van der Waals surface area contributed by atoms with Gasteiger partial charge in [0.1, 0.15) is 0 Å². The molecule has 0 N–H and O–H groups in total. The van der Waals surface area contributed by atoms with Gasteiger partial charge in [-0.1, -0.05) is 59.3 Å². The van der Waals surface area contributed by atoms with Crippen LogP contribution in [0.25, 0.3) is 11.4 Å². The average molecular weight is 320 g/mol. The molecule has 2 aromatic carbocycles. The van der Waals surface area contributed by atoms with Gasteiger partial charge < -0.3 is 0 Å². The van der Waals surface area contributed by atoms with E-state index in [1.807, 2.05) is 18.2 Å². The number of nitrogens with zero attached hydrogens (tertiary/aromatic N) is 4. The summed E-state index contributed by atoms with van der Waals surface area (Å²) in [5.74, 6) is 1.55. The van der Waals surface area contributed by atoms with Gasteiger partial charge in [-0.3, -0.25) is 0 Å². The highest BCUT2D eigenvalue weighted by Crippen LogP contribution is 2.27. The van der Waals surface area contributed by atoms with Crippen molar-refractivity contribution in [3.8, 4) is 11.4 Å². The third-order valence-electron chi connectivity index (χ3n) is 3.70. The molecule has 23 heavy (non-hydrogen) atoms. The predicted molar refractivity (Wildman–Crippen MR) is 94.0 cm³/mol. The van der Waals surface area contributed by atoms with Crippen LogP contribution in [0.1, 0.15) is 16.7 Å². The van der Waals surface area contributed by atoms with Gasteiger partial charge in [-0.25, -0.2) is 0 Å². The van der Waals surface area contributed by atoms with Crippen molar-refractivity contribution in [2.75, 3.05) is 5.75 Å². The van der Waals surface area contributed by atoms with Crippen molar-refractivity contribution in [1.82, 2.24) is 14.9 Å². The molecule has 0 atom stereocenters. The molecular formula is C18H16N4S. The Labute approximate surface area is 139 Å². The van der Waals surface area contributed by atoms with Crippen LogP contribution >= 0.6 is 11.8 Å². The lowest BCUT2D eigenvalue weighted by molar-refractivity contribution is 0.659. The van der Waals surface area contributed by atoms with E-state index < -0.39 is 0 Å². The van der Waals surface area contributed by atoms with Crippen LogP contribution < -0.4 is 0 Å².